The van der Waals surface area contributed by atoms with Crippen LogP contribution in [0.3, 0.4) is 0 Å². The molecule has 2 aromatic rings. The number of fused-ring (bicyclic) bond motifs is 2. The number of hydrogen-bond donors (Lipinski definition) is 1. The number of rotatable bonds is 3. The van der Waals surface area contributed by atoms with E-state index < -0.39 is 0 Å². The zero-order chi connectivity index (χ0) is 16.6. The maximum Gasteiger partial charge on any atom is 0.128 e. The maximum absolute atomic E-state index is 14.1. The van der Waals surface area contributed by atoms with E-state index in [2.05, 4.69) is 41.3 Å². The maximum atomic E-state index is 14.1. The van der Waals surface area contributed by atoms with Gasteiger partial charge in [-0.1, -0.05) is 48.6 Å². The van der Waals surface area contributed by atoms with Gasteiger partial charge in [0.25, 0.3) is 0 Å². The van der Waals surface area contributed by atoms with Crippen LogP contribution in [0.5, 0.6) is 0 Å². The number of benzene rings is 2. The number of aliphatic hydroxyl groups is 1. The SMILES string of the molecule is OCc1ccc(CN2CCC3(C=Cc4ccccc43)CC2)c(F)c1. The first kappa shape index (κ1) is 15.6. The fourth-order valence-electron chi connectivity index (χ4n) is 4.04. The van der Waals surface area contributed by atoms with Crippen molar-refractivity contribution < 1.29 is 9.50 Å². The van der Waals surface area contributed by atoms with Gasteiger partial charge < -0.3 is 5.11 Å². The van der Waals surface area contributed by atoms with Crippen molar-refractivity contribution in [2.75, 3.05) is 13.1 Å². The number of nitrogens with zero attached hydrogens (tertiary/aromatic N) is 1. The molecule has 1 aliphatic heterocycles. The van der Waals surface area contributed by atoms with E-state index in [1.807, 2.05) is 0 Å². The largest absolute Gasteiger partial charge is 0.392 e. The molecule has 124 valence electrons. The first-order valence-electron chi connectivity index (χ1n) is 8.59. The number of halogens is 1. The highest BCUT2D eigenvalue weighted by atomic mass is 19.1. The lowest BCUT2D eigenvalue weighted by Crippen LogP contribution is -2.40. The van der Waals surface area contributed by atoms with Crippen molar-refractivity contribution in [1.82, 2.24) is 4.90 Å². The van der Waals surface area contributed by atoms with Crippen LogP contribution in [-0.4, -0.2) is 23.1 Å². The summed E-state index contributed by atoms with van der Waals surface area (Å²) in [5.74, 6) is -0.215. The summed E-state index contributed by atoms with van der Waals surface area (Å²) in [6.07, 6.45) is 6.78. The fourth-order valence-corrected chi connectivity index (χ4v) is 4.04. The Balaban J connectivity index is 1.45. The van der Waals surface area contributed by atoms with Gasteiger partial charge in [0.1, 0.15) is 5.82 Å². The van der Waals surface area contributed by atoms with E-state index in [9.17, 15) is 4.39 Å². The molecule has 3 heteroatoms. The van der Waals surface area contributed by atoms with Crippen LogP contribution in [0.25, 0.3) is 6.08 Å². The molecule has 1 N–H and O–H groups in total. The third kappa shape index (κ3) is 2.68. The van der Waals surface area contributed by atoms with E-state index in [0.29, 0.717) is 17.7 Å². The van der Waals surface area contributed by atoms with E-state index in [1.54, 1.807) is 12.1 Å². The minimum atomic E-state index is -0.215. The summed E-state index contributed by atoms with van der Waals surface area (Å²) in [5.41, 5.74) is 4.30. The van der Waals surface area contributed by atoms with E-state index >= 15 is 0 Å². The molecule has 0 amide bonds. The monoisotopic (exact) mass is 323 g/mol. The van der Waals surface area contributed by atoms with Crippen LogP contribution in [0, 0.1) is 5.82 Å². The number of aliphatic hydroxyl groups excluding tert-OH is 1. The van der Waals surface area contributed by atoms with Crippen molar-refractivity contribution in [2.45, 2.75) is 31.4 Å². The van der Waals surface area contributed by atoms with Crippen LogP contribution in [0.1, 0.15) is 35.1 Å². The van der Waals surface area contributed by atoms with Crippen LogP contribution in [0.2, 0.25) is 0 Å². The lowest BCUT2D eigenvalue weighted by atomic mass is 9.74. The van der Waals surface area contributed by atoms with Gasteiger partial charge in [0.15, 0.2) is 0 Å². The molecule has 1 spiro atoms. The van der Waals surface area contributed by atoms with Gasteiger partial charge in [-0.2, -0.15) is 0 Å². The Kier molecular flexibility index (Phi) is 3.99. The van der Waals surface area contributed by atoms with E-state index in [1.165, 1.54) is 17.2 Å². The summed E-state index contributed by atoms with van der Waals surface area (Å²) in [6.45, 7) is 2.47. The molecule has 2 aliphatic rings. The smallest absolute Gasteiger partial charge is 0.128 e. The Morgan fingerprint density at radius 2 is 1.88 bits per heavy atom. The van der Waals surface area contributed by atoms with Gasteiger partial charge in [-0.3, -0.25) is 4.90 Å². The van der Waals surface area contributed by atoms with Crippen LogP contribution in [0.15, 0.2) is 48.5 Å². The quantitative estimate of drug-likeness (QED) is 0.926. The van der Waals surface area contributed by atoms with E-state index in [-0.39, 0.29) is 17.8 Å². The van der Waals surface area contributed by atoms with Gasteiger partial charge in [0.05, 0.1) is 6.61 Å². The predicted octanol–water partition coefficient (Wildman–Crippen LogP) is 3.88. The summed E-state index contributed by atoms with van der Waals surface area (Å²) in [4.78, 5) is 2.33. The lowest BCUT2D eigenvalue weighted by molar-refractivity contribution is 0.175. The van der Waals surface area contributed by atoms with Crippen molar-refractivity contribution in [3.8, 4) is 0 Å². The molecule has 24 heavy (non-hydrogen) atoms. The van der Waals surface area contributed by atoms with Crippen LogP contribution < -0.4 is 0 Å². The molecule has 4 rings (SSSR count). The van der Waals surface area contributed by atoms with Gasteiger partial charge in [-0.05, 0) is 48.7 Å². The third-order valence-electron chi connectivity index (χ3n) is 5.52. The molecule has 0 radical (unpaired) electrons. The molecule has 1 heterocycles. The summed E-state index contributed by atoms with van der Waals surface area (Å²) < 4.78 is 14.1. The standard InChI is InChI=1S/C21H22FNO/c22-20-13-16(15-24)5-6-18(20)14-23-11-9-21(10-12-23)8-7-17-3-1-2-4-19(17)21/h1-8,13,24H,9-12,14-15H2. The second-order valence-corrected chi connectivity index (χ2v) is 6.94. The molecule has 0 atom stereocenters. The minimum absolute atomic E-state index is 0.116. The number of likely N-dealkylation sites (tertiary alicyclic amines) is 1. The zero-order valence-electron chi connectivity index (χ0n) is 13.7. The van der Waals surface area contributed by atoms with Gasteiger partial charge in [-0.25, -0.2) is 4.39 Å². The van der Waals surface area contributed by atoms with Crippen molar-refractivity contribution >= 4 is 6.08 Å². The number of allylic oxidation sites excluding steroid dienone is 1. The Labute approximate surface area is 142 Å². The van der Waals surface area contributed by atoms with Crippen molar-refractivity contribution in [2.24, 2.45) is 0 Å². The van der Waals surface area contributed by atoms with Crippen LogP contribution in [-0.2, 0) is 18.6 Å². The Morgan fingerprint density at radius 1 is 1.08 bits per heavy atom. The zero-order valence-corrected chi connectivity index (χ0v) is 13.7. The first-order valence-corrected chi connectivity index (χ1v) is 8.59. The molecule has 0 aromatic heterocycles. The molecular formula is C21H22FNO. The average molecular weight is 323 g/mol. The van der Waals surface area contributed by atoms with Crippen molar-refractivity contribution in [3.05, 3.63) is 76.6 Å². The summed E-state index contributed by atoms with van der Waals surface area (Å²) in [7, 11) is 0. The molecule has 0 bridgehead atoms. The highest BCUT2D eigenvalue weighted by molar-refractivity contribution is 5.65. The number of piperidine rings is 1. The molecule has 2 nitrogen and oxygen atoms in total. The molecular weight excluding hydrogens is 301 g/mol. The topological polar surface area (TPSA) is 23.5 Å². The van der Waals surface area contributed by atoms with E-state index in [0.717, 1.165) is 25.9 Å². The second kappa shape index (κ2) is 6.15. The normalized spacial score (nSPS) is 18.9. The van der Waals surface area contributed by atoms with Crippen molar-refractivity contribution in [1.29, 1.82) is 0 Å². The van der Waals surface area contributed by atoms with Crippen LogP contribution >= 0.6 is 0 Å². The van der Waals surface area contributed by atoms with Gasteiger partial charge >= 0.3 is 0 Å². The van der Waals surface area contributed by atoms with Gasteiger partial charge in [0.2, 0.25) is 0 Å². The van der Waals surface area contributed by atoms with E-state index in [4.69, 9.17) is 5.11 Å². The second-order valence-electron chi connectivity index (χ2n) is 6.94. The Bertz CT molecular complexity index is 775. The average Bonchev–Trinajstić information content (AvgIpc) is 2.97. The molecule has 1 fully saturated rings. The van der Waals surface area contributed by atoms with Crippen molar-refractivity contribution in [3.63, 3.8) is 0 Å². The summed E-state index contributed by atoms with van der Waals surface area (Å²) in [5, 5.41) is 9.09. The molecule has 1 aliphatic carbocycles. The molecule has 0 saturated carbocycles. The number of hydrogen-bond acceptors (Lipinski definition) is 2. The lowest BCUT2D eigenvalue weighted by Gasteiger charge is -2.39. The Hall–Kier alpha value is -1.97. The van der Waals surface area contributed by atoms with Crippen LogP contribution in [0.4, 0.5) is 4.39 Å². The summed E-state index contributed by atoms with van der Waals surface area (Å²) >= 11 is 0. The molecule has 0 unspecified atom stereocenters. The molecule has 2 aromatic carbocycles. The highest BCUT2D eigenvalue weighted by Crippen LogP contribution is 2.43. The first-order chi connectivity index (χ1) is 11.7. The highest BCUT2D eigenvalue weighted by Gasteiger charge is 2.37. The fraction of sp³-hybridized carbons (Fsp3) is 0.333. The Morgan fingerprint density at radius 3 is 2.62 bits per heavy atom. The van der Waals surface area contributed by atoms with Gasteiger partial charge in [0, 0.05) is 17.5 Å². The predicted molar refractivity (Wildman–Crippen MR) is 94.0 cm³/mol. The minimum Gasteiger partial charge on any atom is -0.392 e. The van der Waals surface area contributed by atoms with Gasteiger partial charge in [-0.15, -0.1) is 0 Å². The third-order valence-corrected chi connectivity index (χ3v) is 5.52. The molecule has 1 saturated heterocycles. The summed E-state index contributed by atoms with van der Waals surface area (Å²) in [6, 6.07) is 13.7.